The molecule has 0 aliphatic carbocycles. The molecule has 0 unspecified atom stereocenters. The van der Waals surface area contributed by atoms with Crippen LogP contribution in [0.25, 0.3) is 16.9 Å². The van der Waals surface area contributed by atoms with E-state index in [1.54, 1.807) is 12.5 Å². The van der Waals surface area contributed by atoms with Crippen molar-refractivity contribution < 1.29 is 0 Å². The Bertz CT molecular complexity index is 869. The third-order valence-electron chi connectivity index (χ3n) is 3.33. The minimum Gasteiger partial charge on any atom is -0.307 e. The largest absolute Gasteiger partial charge is 0.307 e. The van der Waals surface area contributed by atoms with Crippen molar-refractivity contribution in [2.24, 2.45) is 0 Å². The maximum Gasteiger partial charge on any atom is 0.137 e. The van der Waals surface area contributed by atoms with E-state index < -0.39 is 0 Å². The molecule has 0 N–H and O–H groups in total. The Kier molecular flexibility index (Phi) is 3.98. The van der Waals surface area contributed by atoms with Crippen LogP contribution in [0.2, 0.25) is 0 Å². The molecule has 0 radical (unpaired) electrons. The standard InChI is InChI=1S/C17H16N4S/c1-3-14(5-4-13(2)20-9-8-18-12-20)16-11-21-10-15(22)6-7-17(21)19-16/h3-12,22H,2H2,1H3/b5-4-,14-3+. The monoisotopic (exact) mass is 308 g/mol. The highest BCUT2D eigenvalue weighted by atomic mass is 32.1. The van der Waals surface area contributed by atoms with Crippen LogP contribution in [-0.2, 0) is 0 Å². The highest BCUT2D eigenvalue weighted by molar-refractivity contribution is 7.80. The van der Waals surface area contributed by atoms with Gasteiger partial charge in [-0.3, -0.25) is 0 Å². The Balaban J connectivity index is 1.88. The van der Waals surface area contributed by atoms with E-state index in [-0.39, 0.29) is 0 Å². The summed E-state index contributed by atoms with van der Waals surface area (Å²) < 4.78 is 3.83. The number of pyridine rings is 1. The van der Waals surface area contributed by atoms with Crippen molar-refractivity contribution in [3.8, 4) is 0 Å². The zero-order valence-corrected chi connectivity index (χ0v) is 13.1. The van der Waals surface area contributed by atoms with Gasteiger partial charge in [0, 0.05) is 35.4 Å². The second kappa shape index (κ2) is 6.07. The maximum atomic E-state index is 4.63. The molecule has 110 valence electrons. The van der Waals surface area contributed by atoms with E-state index in [1.165, 1.54) is 0 Å². The highest BCUT2D eigenvalue weighted by Crippen LogP contribution is 2.19. The van der Waals surface area contributed by atoms with Crippen LogP contribution >= 0.6 is 12.6 Å². The van der Waals surface area contributed by atoms with Crippen molar-refractivity contribution in [2.75, 3.05) is 0 Å². The van der Waals surface area contributed by atoms with Crippen LogP contribution in [0.4, 0.5) is 0 Å². The smallest absolute Gasteiger partial charge is 0.137 e. The van der Waals surface area contributed by atoms with Gasteiger partial charge in [-0.2, -0.15) is 0 Å². The molecule has 0 bridgehead atoms. The second-order valence-corrected chi connectivity index (χ2v) is 5.33. The van der Waals surface area contributed by atoms with Crippen LogP contribution in [0, 0.1) is 0 Å². The molecule has 0 saturated carbocycles. The second-order valence-electron chi connectivity index (χ2n) is 4.82. The van der Waals surface area contributed by atoms with E-state index in [9.17, 15) is 0 Å². The molecule has 3 aromatic rings. The summed E-state index contributed by atoms with van der Waals surface area (Å²) in [5, 5.41) is 0. The van der Waals surface area contributed by atoms with Gasteiger partial charge < -0.3 is 8.97 Å². The summed E-state index contributed by atoms with van der Waals surface area (Å²) in [4.78, 5) is 9.55. The number of imidazole rings is 2. The SMILES string of the molecule is C=C(/C=C\C(=C/C)c1cn2cc(S)ccc2n1)n1ccnc1. The molecule has 0 aliphatic rings. The number of thiol groups is 1. The average Bonchev–Trinajstić information content (AvgIpc) is 3.16. The molecule has 0 aromatic carbocycles. The van der Waals surface area contributed by atoms with Crippen LogP contribution < -0.4 is 0 Å². The number of aromatic nitrogens is 4. The first-order valence-electron chi connectivity index (χ1n) is 6.87. The molecular weight excluding hydrogens is 292 g/mol. The Morgan fingerprint density at radius 1 is 1.27 bits per heavy atom. The van der Waals surface area contributed by atoms with Crippen molar-refractivity contribution in [3.63, 3.8) is 0 Å². The van der Waals surface area contributed by atoms with E-state index >= 15 is 0 Å². The fourth-order valence-corrected chi connectivity index (χ4v) is 2.35. The number of hydrogen-bond donors (Lipinski definition) is 1. The lowest BCUT2D eigenvalue weighted by molar-refractivity contribution is 1.10. The van der Waals surface area contributed by atoms with Crippen LogP contribution in [0.15, 0.2) is 72.9 Å². The predicted octanol–water partition coefficient (Wildman–Crippen LogP) is 3.95. The molecular formula is C17H16N4S. The van der Waals surface area contributed by atoms with E-state index in [0.29, 0.717) is 0 Å². The molecule has 0 saturated heterocycles. The summed E-state index contributed by atoms with van der Waals surface area (Å²) in [7, 11) is 0. The van der Waals surface area contributed by atoms with Crippen LogP contribution in [0.3, 0.4) is 0 Å². The molecule has 0 fully saturated rings. The molecule has 22 heavy (non-hydrogen) atoms. The van der Waals surface area contributed by atoms with Crippen molar-refractivity contribution in [1.29, 1.82) is 0 Å². The van der Waals surface area contributed by atoms with Crippen molar-refractivity contribution in [2.45, 2.75) is 11.8 Å². The Hall–Kier alpha value is -2.53. The topological polar surface area (TPSA) is 35.1 Å². The van der Waals surface area contributed by atoms with Gasteiger partial charge in [0.25, 0.3) is 0 Å². The normalized spacial score (nSPS) is 12.4. The van der Waals surface area contributed by atoms with E-state index in [4.69, 9.17) is 0 Å². The van der Waals surface area contributed by atoms with Crippen LogP contribution in [0.5, 0.6) is 0 Å². The lowest BCUT2D eigenvalue weighted by atomic mass is 10.1. The molecule has 4 nitrogen and oxygen atoms in total. The fraction of sp³-hybridized carbons (Fsp3) is 0.0588. The first-order chi connectivity index (χ1) is 10.7. The van der Waals surface area contributed by atoms with Gasteiger partial charge in [-0.15, -0.1) is 12.6 Å². The molecule has 0 amide bonds. The zero-order valence-electron chi connectivity index (χ0n) is 12.2. The lowest BCUT2D eigenvalue weighted by Crippen LogP contribution is -1.88. The molecule has 0 aliphatic heterocycles. The third-order valence-corrected chi connectivity index (χ3v) is 3.60. The molecule has 3 rings (SSSR count). The van der Waals surface area contributed by atoms with Gasteiger partial charge in [-0.1, -0.05) is 18.7 Å². The summed E-state index contributed by atoms with van der Waals surface area (Å²) in [6, 6.07) is 3.88. The Morgan fingerprint density at radius 3 is 2.86 bits per heavy atom. The van der Waals surface area contributed by atoms with Crippen LogP contribution in [0.1, 0.15) is 12.6 Å². The summed E-state index contributed by atoms with van der Waals surface area (Å²) >= 11 is 4.35. The minimum atomic E-state index is 0.846. The molecule has 0 atom stereocenters. The van der Waals surface area contributed by atoms with Gasteiger partial charge in [-0.25, -0.2) is 9.97 Å². The zero-order chi connectivity index (χ0) is 15.5. The lowest BCUT2D eigenvalue weighted by Gasteiger charge is -2.00. The summed E-state index contributed by atoms with van der Waals surface area (Å²) in [6.07, 6.45) is 15.2. The van der Waals surface area contributed by atoms with Crippen molar-refractivity contribution in [1.82, 2.24) is 18.9 Å². The number of fused-ring (bicyclic) bond motifs is 1. The van der Waals surface area contributed by atoms with Crippen LogP contribution in [-0.4, -0.2) is 18.9 Å². The first kappa shape index (κ1) is 14.4. The van der Waals surface area contributed by atoms with Gasteiger partial charge in [0.15, 0.2) is 0 Å². The van der Waals surface area contributed by atoms with Gasteiger partial charge in [-0.05, 0) is 30.7 Å². The number of nitrogens with zero attached hydrogens (tertiary/aromatic N) is 4. The van der Waals surface area contributed by atoms with E-state index in [0.717, 1.165) is 27.5 Å². The number of rotatable bonds is 4. The average molecular weight is 308 g/mol. The number of allylic oxidation sites excluding steroid dienone is 5. The molecule has 3 heterocycles. The van der Waals surface area contributed by atoms with E-state index in [2.05, 4.69) is 29.2 Å². The Labute approximate surface area is 134 Å². The highest BCUT2D eigenvalue weighted by Gasteiger charge is 2.04. The molecule has 3 aromatic heterocycles. The fourth-order valence-electron chi connectivity index (χ4n) is 2.15. The Morgan fingerprint density at radius 2 is 2.14 bits per heavy atom. The molecule has 5 heteroatoms. The quantitative estimate of drug-likeness (QED) is 0.585. The van der Waals surface area contributed by atoms with Gasteiger partial charge in [0.1, 0.15) is 5.65 Å². The first-order valence-corrected chi connectivity index (χ1v) is 7.32. The van der Waals surface area contributed by atoms with Gasteiger partial charge in [0.05, 0.1) is 12.0 Å². The van der Waals surface area contributed by atoms with Gasteiger partial charge in [0.2, 0.25) is 0 Å². The summed E-state index contributed by atoms with van der Waals surface area (Å²) in [5.41, 5.74) is 3.69. The third kappa shape index (κ3) is 2.89. The molecule has 0 spiro atoms. The number of hydrogen-bond acceptors (Lipinski definition) is 3. The summed E-state index contributed by atoms with van der Waals surface area (Å²) in [6.45, 7) is 6.02. The van der Waals surface area contributed by atoms with Gasteiger partial charge >= 0.3 is 0 Å². The van der Waals surface area contributed by atoms with Crippen molar-refractivity contribution in [3.05, 3.63) is 73.7 Å². The minimum absolute atomic E-state index is 0.846. The van der Waals surface area contributed by atoms with Crippen molar-refractivity contribution >= 4 is 29.5 Å². The maximum absolute atomic E-state index is 4.63. The summed E-state index contributed by atoms with van der Waals surface area (Å²) in [5.74, 6) is 0. The van der Waals surface area contributed by atoms with E-state index in [1.807, 2.05) is 64.8 Å². The predicted molar refractivity (Wildman–Crippen MR) is 92.8 cm³/mol.